The number of phenolic OH excluding ortho intramolecular Hbond substituents is 2. The standard InChI is InChI=1S/C15H22.C10H8O2.2C2H6/c1-8(2)12-6-11-7-13(12)15-10-4-3-9(5-10)14(11)15;11-9-5-1-3-7-8(9)4-2-6-10(7)12;2*1-2/h3-4,8-15H,5-7H2,1-2H3;1-6,11-12H;2*1-2H3. The van der Waals surface area contributed by atoms with Gasteiger partial charge < -0.3 is 10.2 Å². The van der Waals surface area contributed by atoms with Crippen molar-refractivity contribution < 1.29 is 10.2 Å². The molecule has 0 radical (unpaired) electrons. The van der Waals surface area contributed by atoms with Crippen molar-refractivity contribution in [1.82, 2.24) is 0 Å². The molecule has 4 aliphatic rings. The Labute approximate surface area is 189 Å². The summed E-state index contributed by atoms with van der Waals surface area (Å²) in [4.78, 5) is 0. The molecule has 4 bridgehead atoms. The van der Waals surface area contributed by atoms with Gasteiger partial charge in [0.2, 0.25) is 0 Å². The first kappa shape index (κ1) is 23.7. The van der Waals surface area contributed by atoms with Crippen LogP contribution in [0.25, 0.3) is 10.8 Å². The van der Waals surface area contributed by atoms with E-state index >= 15 is 0 Å². The van der Waals surface area contributed by atoms with Crippen molar-refractivity contribution >= 4 is 10.8 Å². The molecular formula is C29H42O2. The molecule has 3 fully saturated rings. The van der Waals surface area contributed by atoms with Gasteiger partial charge in [0, 0.05) is 10.8 Å². The molecule has 7 atom stereocenters. The molecule has 2 nitrogen and oxygen atoms in total. The Hall–Kier alpha value is -1.96. The van der Waals surface area contributed by atoms with Gasteiger partial charge in [-0.1, -0.05) is 78.0 Å². The quantitative estimate of drug-likeness (QED) is 0.360. The second-order valence-electron chi connectivity index (χ2n) is 9.56. The zero-order chi connectivity index (χ0) is 22.7. The van der Waals surface area contributed by atoms with E-state index in [9.17, 15) is 10.2 Å². The zero-order valence-electron chi connectivity index (χ0n) is 20.3. The molecule has 0 aromatic heterocycles. The van der Waals surface area contributed by atoms with E-state index < -0.39 is 0 Å². The Kier molecular flexibility index (Phi) is 7.73. The van der Waals surface area contributed by atoms with Crippen LogP contribution in [0.5, 0.6) is 11.5 Å². The predicted octanol–water partition coefficient (Wildman–Crippen LogP) is 8.04. The van der Waals surface area contributed by atoms with E-state index in [0.29, 0.717) is 10.8 Å². The summed E-state index contributed by atoms with van der Waals surface area (Å²) >= 11 is 0. The number of allylic oxidation sites excluding steroid dienone is 2. The molecule has 2 aromatic carbocycles. The summed E-state index contributed by atoms with van der Waals surface area (Å²) in [6.07, 6.45) is 9.79. The van der Waals surface area contributed by atoms with Gasteiger partial charge in [0.1, 0.15) is 11.5 Å². The number of rotatable bonds is 1. The molecular weight excluding hydrogens is 380 g/mol. The summed E-state index contributed by atoms with van der Waals surface area (Å²) in [6.45, 7) is 12.9. The fourth-order valence-electron chi connectivity index (χ4n) is 7.11. The molecule has 3 saturated carbocycles. The number of hydrogen-bond acceptors (Lipinski definition) is 2. The first-order valence-electron chi connectivity index (χ1n) is 12.6. The molecule has 6 rings (SSSR count). The van der Waals surface area contributed by atoms with Gasteiger partial charge in [0.25, 0.3) is 0 Å². The summed E-state index contributed by atoms with van der Waals surface area (Å²) in [5, 5.41) is 20.1. The zero-order valence-corrected chi connectivity index (χ0v) is 20.3. The van der Waals surface area contributed by atoms with Crippen LogP contribution in [0.4, 0.5) is 0 Å². The van der Waals surface area contributed by atoms with Crippen molar-refractivity contribution in [2.45, 2.75) is 60.8 Å². The summed E-state index contributed by atoms with van der Waals surface area (Å²) in [7, 11) is 0. The lowest BCUT2D eigenvalue weighted by atomic mass is 9.67. The third-order valence-corrected chi connectivity index (χ3v) is 8.05. The van der Waals surface area contributed by atoms with Crippen LogP contribution in [0.3, 0.4) is 0 Å². The van der Waals surface area contributed by atoms with Crippen molar-refractivity contribution in [2.75, 3.05) is 0 Å². The Morgan fingerprint density at radius 1 is 0.710 bits per heavy atom. The van der Waals surface area contributed by atoms with Crippen LogP contribution in [0.2, 0.25) is 0 Å². The summed E-state index contributed by atoms with van der Waals surface area (Å²) in [6, 6.07) is 10.1. The molecule has 2 aromatic rings. The number of phenols is 2. The van der Waals surface area contributed by atoms with Crippen molar-refractivity contribution in [3.63, 3.8) is 0 Å². The first-order valence-corrected chi connectivity index (χ1v) is 12.6. The molecule has 0 amide bonds. The minimum atomic E-state index is 0.198. The number of hydrogen-bond donors (Lipinski definition) is 2. The van der Waals surface area contributed by atoms with E-state index in [1.54, 1.807) is 49.2 Å². The number of benzene rings is 2. The van der Waals surface area contributed by atoms with Gasteiger partial charge in [-0.05, 0) is 78.7 Å². The molecule has 2 N–H and O–H groups in total. The largest absolute Gasteiger partial charge is 0.507 e. The average Bonchev–Trinajstić information content (AvgIpc) is 3.58. The molecule has 0 spiro atoms. The van der Waals surface area contributed by atoms with E-state index in [4.69, 9.17) is 0 Å². The molecule has 4 aliphatic carbocycles. The van der Waals surface area contributed by atoms with E-state index in [1.807, 2.05) is 27.7 Å². The van der Waals surface area contributed by atoms with Crippen molar-refractivity contribution in [3.05, 3.63) is 48.6 Å². The molecule has 0 aliphatic heterocycles. The fraction of sp³-hybridized carbons (Fsp3) is 0.586. The number of fused-ring (bicyclic) bond motifs is 10. The van der Waals surface area contributed by atoms with Crippen LogP contribution >= 0.6 is 0 Å². The maximum atomic E-state index is 9.38. The second kappa shape index (κ2) is 10.1. The summed E-state index contributed by atoms with van der Waals surface area (Å²) in [5.41, 5.74) is 0. The highest BCUT2D eigenvalue weighted by Crippen LogP contribution is 2.67. The minimum Gasteiger partial charge on any atom is -0.507 e. The topological polar surface area (TPSA) is 40.5 Å². The Balaban J connectivity index is 0.000000155. The molecule has 0 heterocycles. The highest BCUT2D eigenvalue weighted by Gasteiger charge is 2.60. The monoisotopic (exact) mass is 422 g/mol. The Bertz CT molecular complexity index is 842. The van der Waals surface area contributed by atoms with Gasteiger partial charge in [-0.3, -0.25) is 0 Å². The highest BCUT2D eigenvalue weighted by molar-refractivity contribution is 5.92. The maximum absolute atomic E-state index is 9.38. The van der Waals surface area contributed by atoms with Crippen LogP contribution in [0.1, 0.15) is 60.8 Å². The van der Waals surface area contributed by atoms with E-state index in [0.717, 1.165) is 47.3 Å². The Morgan fingerprint density at radius 2 is 1.23 bits per heavy atom. The first-order chi connectivity index (χ1) is 15.0. The SMILES string of the molecule is CC.CC.CC(C)C1CC2CC1C1C3C=CC(C3)C21.Oc1cccc2c(O)cccc12. The molecule has 0 saturated heterocycles. The lowest BCUT2D eigenvalue weighted by Gasteiger charge is -2.38. The highest BCUT2D eigenvalue weighted by atomic mass is 16.3. The van der Waals surface area contributed by atoms with Crippen molar-refractivity contribution in [3.8, 4) is 11.5 Å². The summed E-state index contributed by atoms with van der Waals surface area (Å²) in [5.74, 6) is 8.87. The van der Waals surface area contributed by atoms with Crippen LogP contribution in [-0.2, 0) is 0 Å². The lowest BCUT2D eigenvalue weighted by Crippen LogP contribution is -2.32. The molecule has 2 heteroatoms. The molecule has 170 valence electrons. The maximum Gasteiger partial charge on any atom is 0.123 e. The third kappa shape index (κ3) is 4.23. The van der Waals surface area contributed by atoms with Gasteiger partial charge in [-0.15, -0.1) is 0 Å². The van der Waals surface area contributed by atoms with E-state index in [1.165, 1.54) is 6.42 Å². The molecule has 31 heavy (non-hydrogen) atoms. The van der Waals surface area contributed by atoms with Crippen LogP contribution in [-0.4, -0.2) is 10.2 Å². The van der Waals surface area contributed by atoms with Crippen LogP contribution in [0.15, 0.2) is 48.6 Å². The van der Waals surface area contributed by atoms with Crippen molar-refractivity contribution in [1.29, 1.82) is 0 Å². The van der Waals surface area contributed by atoms with Crippen LogP contribution < -0.4 is 0 Å². The lowest BCUT2D eigenvalue weighted by molar-refractivity contribution is 0.121. The minimum absolute atomic E-state index is 0.198. The van der Waals surface area contributed by atoms with E-state index in [-0.39, 0.29) is 11.5 Å². The predicted molar refractivity (Wildman–Crippen MR) is 132 cm³/mol. The van der Waals surface area contributed by atoms with E-state index in [2.05, 4.69) is 26.0 Å². The van der Waals surface area contributed by atoms with Crippen LogP contribution in [0, 0.1) is 47.3 Å². The molecule has 7 unspecified atom stereocenters. The average molecular weight is 423 g/mol. The fourth-order valence-corrected chi connectivity index (χ4v) is 7.11. The van der Waals surface area contributed by atoms with Gasteiger partial charge in [-0.25, -0.2) is 0 Å². The van der Waals surface area contributed by atoms with Crippen molar-refractivity contribution in [2.24, 2.45) is 47.3 Å². The van der Waals surface area contributed by atoms with Gasteiger partial charge in [0.05, 0.1) is 0 Å². The Morgan fingerprint density at radius 3 is 1.74 bits per heavy atom. The van der Waals surface area contributed by atoms with Gasteiger partial charge in [-0.2, -0.15) is 0 Å². The normalized spacial score (nSPS) is 33.2. The van der Waals surface area contributed by atoms with Gasteiger partial charge >= 0.3 is 0 Å². The van der Waals surface area contributed by atoms with Gasteiger partial charge in [0.15, 0.2) is 0 Å². The third-order valence-electron chi connectivity index (χ3n) is 8.05. The summed E-state index contributed by atoms with van der Waals surface area (Å²) < 4.78 is 0. The second-order valence-corrected chi connectivity index (χ2v) is 9.56. The smallest absolute Gasteiger partial charge is 0.123 e. The number of aromatic hydroxyl groups is 2.